The highest BCUT2D eigenvalue weighted by molar-refractivity contribution is 5.76. The van der Waals surface area contributed by atoms with Crippen LogP contribution in [0, 0.1) is 0 Å². The fourth-order valence-corrected chi connectivity index (χ4v) is 11.9. The maximum Gasteiger partial charge on any atom is 0.305 e. The lowest BCUT2D eigenvalue weighted by Crippen LogP contribution is -2.45. The number of carbonyl (C=O) groups is 2. The summed E-state index contributed by atoms with van der Waals surface area (Å²) < 4.78 is 5.49. The SMILES string of the molecule is CCCCCCCC/C=C\CCCCCCCC(=O)OCCCCCCCCCCCCCCC/C=C\C/C=C\CCCCCCCCCCCCCCCCCCCC(=O)NC(CO)C(O)CCCCCCCCCCCCCCCC. The molecule has 2 unspecified atom stereocenters. The number of allylic oxidation sites excluding steroid dienone is 6. The molecule has 0 radical (unpaired) electrons. The molecule has 0 aliphatic carbocycles. The highest BCUT2D eigenvalue weighted by atomic mass is 16.5. The molecule has 0 aromatic heterocycles. The number of unbranched alkanes of at least 4 members (excludes halogenated alkanes) is 54. The Hall–Kier alpha value is -1.92. The number of amides is 1. The fraction of sp³-hybridized carbons (Fsp3) is 0.896. The molecule has 0 aliphatic rings. The third-order valence-corrected chi connectivity index (χ3v) is 17.7. The smallest absolute Gasteiger partial charge is 0.305 e. The highest BCUT2D eigenvalue weighted by Gasteiger charge is 2.20. The van der Waals surface area contributed by atoms with E-state index in [2.05, 4.69) is 55.6 Å². The first kappa shape index (κ1) is 81.1. The second-order valence-corrected chi connectivity index (χ2v) is 26.0. The Morgan fingerprint density at radius 3 is 0.928 bits per heavy atom. The molecule has 83 heavy (non-hydrogen) atoms. The zero-order valence-corrected chi connectivity index (χ0v) is 56.2. The number of carbonyl (C=O) groups excluding carboxylic acids is 2. The van der Waals surface area contributed by atoms with E-state index in [0.29, 0.717) is 25.9 Å². The lowest BCUT2D eigenvalue weighted by Gasteiger charge is -2.22. The average Bonchev–Trinajstić information content (AvgIpc) is 3.49. The Balaban J connectivity index is 3.35. The first-order valence-corrected chi connectivity index (χ1v) is 37.7. The van der Waals surface area contributed by atoms with Crippen molar-refractivity contribution in [2.75, 3.05) is 13.2 Å². The van der Waals surface area contributed by atoms with Gasteiger partial charge in [-0.25, -0.2) is 0 Å². The Morgan fingerprint density at radius 2 is 0.602 bits per heavy atom. The molecule has 0 aromatic rings. The largest absolute Gasteiger partial charge is 0.466 e. The first-order chi connectivity index (χ1) is 41.0. The van der Waals surface area contributed by atoms with Crippen molar-refractivity contribution in [3.63, 3.8) is 0 Å². The molecular formula is C77H147NO5. The second kappa shape index (κ2) is 72.6. The van der Waals surface area contributed by atoms with Crippen molar-refractivity contribution in [3.8, 4) is 0 Å². The zero-order valence-electron chi connectivity index (χ0n) is 56.2. The molecule has 0 aliphatic heterocycles. The normalized spacial score (nSPS) is 12.7. The maximum atomic E-state index is 12.5. The third-order valence-electron chi connectivity index (χ3n) is 17.7. The molecule has 2 atom stereocenters. The monoisotopic (exact) mass is 1170 g/mol. The van der Waals surface area contributed by atoms with Crippen LogP contribution in [0.15, 0.2) is 36.5 Å². The van der Waals surface area contributed by atoms with Crippen molar-refractivity contribution in [2.24, 2.45) is 0 Å². The topological polar surface area (TPSA) is 95.9 Å². The first-order valence-electron chi connectivity index (χ1n) is 37.7. The molecule has 0 heterocycles. The van der Waals surface area contributed by atoms with Crippen LogP contribution < -0.4 is 5.32 Å². The molecule has 0 spiro atoms. The van der Waals surface area contributed by atoms with Gasteiger partial charge in [-0.15, -0.1) is 0 Å². The molecule has 0 fully saturated rings. The minimum atomic E-state index is -0.662. The molecule has 0 saturated carbocycles. The van der Waals surface area contributed by atoms with Crippen molar-refractivity contribution < 1.29 is 24.5 Å². The summed E-state index contributed by atoms with van der Waals surface area (Å²) in [5.74, 6) is -0.0184. The Bertz CT molecular complexity index is 1340. The average molecular weight is 1170 g/mol. The third kappa shape index (κ3) is 69.1. The molecular weight excluding hydrogens is 1020 g/mol. The summed E-state index contributed by atoms with van der Waals surface area (Å²) in [4.78, 5) is 24.6. The van der Waals surface area contributed by atoms with Crippen LogP contribution in [0.2, 0.25) is 0 Å². The van der Waals surface area contributed by atoms with Gasteiger partial charge in [-0.05, 0) is 83.5 Å². The molecule has 1 amide bonds. The van der Waals surface area contributed by atoms with Crippen LogP contribution in [0.25, 0.3) is 0 Å². The number of aliphatic hydroxyl groups excluding tert-OH is 2. The van der Waals surface area contributed by atoms with Gasteiger partial charge in [0.25, 0.3) is 0 Å². The summed E-state index contributed by atoms with van der Waals surface area (Å²) in [5.41, 5.74) is 0. The summed E-state index contributed by atoms with van der Waals surface area (Å²) in [6, 6.07) is -0.539. The van der Waals surface area contributed by atoms with E-state index in [4.69, 9.17) is 4.74 Å². The van der Waals surface area contributed by atoms with Gasteiger partial charge in [0.2, 0.25) is 5.91 Å². The second-order valence-electron chi connectivity index (χ2n) is 26.0. The number of ether oxygens (including phenoxy) is 1. The van der Waals surface area contributed by atoms with Gasteiger partial charge >= 0.3 is 5.97 Å². The van der Waals surface area contributed by atoms with Gasteiger partial charge in [-0.3, -0.25) is 9.59 Å². The molecule has 6 heteroatoms. The van der Waals surface area contributed by atoms with E-state index in [9.17, 15) is 19.8 Å². The highest BCUT2D eigenvalue weighted by Crippen LogP contribution is 2.19. The minimum Gasteiger partial charge on any atom is -0.466 e. The van der Waals surface area contributed by atoms with E-state index in [1.807, 2.05) is 0 Å². The van der Waals surface area contributed by atoms with Gasteiger partial charge in [0.05, 0.1) is 25.4 Å². The molecule has 490 valence electrons. The molecule has 0 aromatic carbocycles. The standard InChI is InChI=1S/C77H147NO5/c1-3-5-7-9-11-13-15-17-42-47-51-55-59-63-67-71-77(82)83-72-68-64-60-56-52-48-44-41-39-37-35-33-31-29-27-25-23-21-19-20-22-24-26-28-30-32-34-36-38-40-43-46-50-54-58-62-66-70-76(81)78-74(73-79)75(80)69-65-61-57-53-49-45-18-16-14-12-10-8-6-4-2/h17,19,21,25,27,42,74-75,79-80H,3-16,18,20,22-24,26,28-41,43-73H2,1-2H3,(H,78,81)/b21-19-,27-25-,42-17-. The van der Waals surface area contributed by atoms with Gasteiger partial charge < -0.3 is 20.3 Å². The van der Waals surface area contributed by atoms with Crippen molar-refractivity contribution in [3.05, 3.63) is 36.5 Å². The Labute approximate surface area is 519 Å². The molecule has 6 nitrogen and oxygen atoms in total. The maximum absolute atomic E-state index is 12.5. The predicted molar refractivity (Wildman–Crippen MR) is 366 cm³/mol. The van der Waals surface area contributed by atoms with Gasteiger partial charge in [0, 0.05) is 12.8 Å². The molecule has 3 N–H and O–H groups in total. The quantitative estimate of drug-likeness (QED) is 0.0320. The van der Waals surface area contributed by atoms with Crippen LogP contribution >= 0.6 is 0 Å². The van der Waals surface area contributed by atoms with Crippen LogP contribution in [-0.2, 0) is 14.3 Å². The summed E-state index contributed by atoms with van der Waals surface area (Å²) in [6.45, 7) is 4.98. The lowest BCUT2D eigenvalue weighted by atomic mass is 10.0. The van der Waals surface area contributed by atoms with E-state index in [-0.39, 0.29) is 18.5 Å². The molecule has 0 bridgehead atoms. The number of nitrogens with one attached hydrogen (secondary N) is 1. The minimum absolute atomic E-state index is 0.0113. The van der Waals surface area contributed by atoms with Crippen LogP contribution in [0.5, 0.6) is 0 Å². The van der Waals surface area contributed by atoms with E-state index in [0.717, 1.165) is 51.4 Å². The number of hydrogen-bond acceptors (Lipinski definition) is 5. The van der Waals surface area contributed by atoms with Crippen molar-refractivity contribution in [2.45, 2.75) is 431 Å². The lowest BCUT2D eigenvalue weighted by molar-refractivity contribution is -0.143. The van der Waals surface area contributed by atoms with Crippen LogP contribution in [-0.4, -0.2) is 47.4 Å². The Morgan fingerprint density at radius 1 is 0.337 bits per heavy atom. The molecule has 0 saturated heterocycles. The predicted octanol–water partition coefficient (Wildman–Crippen LogP) is 24.7. The van der Waals surface area contributed by atoms with E-state index >= 15 is 0 Å². The summed E-state index contributed by atoms with van der Waals surface area (Å²) in [7, 11) is 0. The van der Waals surface area contributed by atoms with Crippen LogP contribution in [0.4, 0.5) is 0 Å². The Kier molecular flexibility index (Phi) is 70.9. The summed E-state index contributed by atoms with van der Waals surface area (Å²) >= 11 is 0. The van der Waals surface area contributed by atoms with Crippen molar-refractivity contribution >= 4 is 11.9 Å². The van der Waals surface area contributed by atoms with Crippen molar-refractivity contribution in [1.29, 1.82) is 0 Å². The van der Waals surface area contributed by atoms with Gasteiger partial charge in [0.1, 0.15) is 0 Å². The summed E-state index contributed by atoms with van der Waals surface area (Å²) in [6.07, 6.45) is 93.7. The van der Waals surface area contributed by atoms with E-state index < -0.39 is 12.1 Å². The van der Waals surface area contributed by atoms with Crippen molar-refractivity contribution in [1.82, 2.24) is 5.32 Å². The number of aliphatic hydroxyl groups is 2. The van der Waals surface area contributed by atoms with Crippen LogP contribution in [0.1, 0.15) is 418 Å². The van der Waals surface area contributed by atoms with Gasteiger partial charge in [-0.2, -0.15) is 0 Å². The zero-order chi connectivity index (χ0) is 59.9. The van der Waals surface area contributed by atoms with Gasteiger partial charge in [0.15, 0.2) is 0 Å². The van der Waals surface area contributed by atoms with E-state index in [1.165, 1.54) is 334 Å². The van der Waals surface area contributed by atoms with Gasteiger partial charge in [-0.1, -0.05) is 359 Å². The number of hydrogen-bond donors (Lipinski definition) is 3. The summed E-state index contributed by atoms with van der Waals surface area (Å²) in [5, 5.41) is 23.3. The van der Waals surface area contributed by atoms with E-state index in [1.54, 1.807) is 0 Å². The number of rotatable bonds is 71. The van der Waals surface area contributed by atoms with Crippen LogP contribution in [0.3, 0.4) is 0 Å². The fourth-order valence-electron chi connectivity index (χ4n) is 11.9. The number of esters is 1. The molecule has 0 rings (SSSR count).